The highest BCUT2D eigenvalue weighted by Gasteiger charge is 2.12. The molecule has 0 fully saturated rings. The summed E-state index contributed by atoms with van der Waals surface area (Å²) in [6.45, 7) is 1.26. The van der Waals surface area contributed by atoms with E-state index in [9.17, 15) is 9.59 Å². The first-order valence-corrected chi connectivity index (χ1v) is 11.4. The van der Waals surface area contributed by atoms with Gasteiger partial charge in [-0.15, -0.1) is 0 Å². The van der Waals surface area contributed by atoms with Crippen LogP contribution in [0.5, 0.6) is 11.5 Å². The first kappa shape index (κ1) is 25.0. The smallest absolute Gasteiger partial charge is 0.338 e. The highest BCUT2D eigenvalue weighted by Crippen LogP contribution is 2.26. The van der Waals surface area contributed by atoms with E-state index in [2.05, 4.69) is 0 Å². The molecule has 0 spiro atoms. The van der Waals surface area contributed by atoms with E-state index in [0.29, 0.717) is 22.6 Å². The van der Waals surface area contributed by atoms with E-state index in [-0.39, 0.29) is 26.4 Å². The fourth-order valence-corrected chi connectivity index (χ4v) is 3.70. The van der Waals surface area contributed by atoms with Crippen LogP contribution in [0.3, 0.4) is 0 Å². The Hall–Kier alpha value is -4.14. The third-order valence-corrected chi connectivity index (χ3v) is 5.35. The molecule has 0 saturated carbocycles. The third-order valence-electron chi connectivity index (χ3n) is 5.35. The van der Waals surface area contributed by atoms with Crippen molar-refractivity contribution in [3.63, 3.8) is 0 Å². The van der Waals surface area contributed by atoms with Gasteiger partial charge >= 0.3 is 11.9 Å². The van der Waals surface area contributed by atoms with Crippen LogP contribution in [0.25, 0.3) is 21.5 Å². The van der Waals surface area contributed by atoms with Gasteiger partial charge < -0.3 is 29.2 Å². The Kier molecular flexibility index (Phi) is 7.99. The number of carbonyl (C=O) groups excluding carboxylic acids is 2. The van der Waals surface area contributed by atoms with Crippen LogP contribution in [0.15, 0.2) is 72.8 Å². The Morgan fingerprint density at radius 3 is 1.44 bits per heavy atom. The molecule has 0 radical (unpaired) electrons. The maximum Gasteiger partial charge on any atom is 0.338 e. The first-order valence-electron chi connectivity index (χ1n) is 11.4. The number of rotatable bonds is 10. The van der Waals surface area contributed by atoms with Crippen LogP contribution in [0.1, 0.15) is 27.6 Å². The summed E-state index contributed by atoms with van der Waals surface area (Å²) >= 11 is 0. The molecule has 36 heavy (non-hydrogen) atoms. The van der Waals surface area contributed by atoms with Crippen LogP contribution in [0.4, 0.5) is 0 Å². The lowest BCUT2D eigenvalue weighted by Gasteiger charge is -2.17. The van der Waals surface area contributed by atoms with Gasteiger partial charge in [0.25, 0.3) is 0 Å². The van der Waals surface area contributed by atoms with Gasteiger partial charge in [0, 0.05) is 6.92 Å². The van der Waals surface area contributed by atoms with Crippen molar-refractivity contribution in [3.8, 4) is 11.5 Å². The van der Waals surface area contributed by atoms with Crippen molar-refractivity contribution in [2.24, 2.45) is 0 Å². The second-order valence-electron chi connectivity index (χ2n) is 7.97. The normalized spacial score (nSPS) is 11.0. The SMILES string of the molecule is CC(Oc1ccc2cc(C(=O)OCCO)ccc2c1)Oc1ccc2cc(C(=O)OCCO)ccc2c1. The number of carbonyl (C=O) groups is 2. The van der Waals surface area contributed by atoms with E-state index in [1.54, 1.807) is 55.5 Å². The van der Waals surface area contributed by atoms with Gasteiger partial charge in [-0.3, -0.25) is 0 Å². The van der Waals surface area contributed by atoms with Gasteiger partial charge in [-0.1, -0.05) is 24.3 Å². The van der Waals surface area contributed by atoms with Crippen molar-refractivity contribution in [1.82, 2.24) is 0 Å². The standard InChI is InChI=1S/C28H26O8/c1-18(35-25-8-6-19-14-23(4-2-21(19)16-25)27(31)33-12-10-29)36-26-9-7-20-15-24(5-3-22(20)17-26)28(32)34-13-11-30/h2-9,14-18,29-30H,10-13H2,1H3. The maximum absolute atomic E-state index is 12.0. The Balaban J connectivity index is 1.41. The fraction of sp³-hybridized carbons (Fsp3) is 0.214. The summed E-state index contributed by atoms with van der Waals surface area (Å²) in [5.41, 5.74) is 0.818. The van der Waals surface area contributed by atoms with Gasteiger partial charge in [0.15, 0.2) is 0 Å². The Bertz CT molecular complexity index is 1280. The van der Waals surface area contributed by atoms with Gasteiger partial charge in [-0.2, -0.15) is 0 Å². The maximum atomic E-state index is 12.0. The lowest BCUT2D eigenvalue weighted by atomic mass is 10.1. The molecule has 4 aromatic rings. The zero-order chi connectivity index (χ0) is 25.5. The number of aliphatic hydroxyl groups excluding tert-OH is 2. The predicted molar refractivity (Wildman–Crippen MR) is 133 cm³/mol. The molecule has 0 unspecified atom stereocenters. The molecule has 8 nitrogen and oxygen atoms in total. The van der Waals surface area contributed by atoms with Crippen LogP contribution < -0.4 is 9.47 Å². The highest BCUT2D eigenvalue weighted by molar-refractivity contribution is 5.96. The van der Waals surface area contributed by atoms with E-state index >= 15 is 0 Å². The average molecular weight is 491 g/mol. The minimum atomic E-state index is -0.583. The first-order chi connectivity index (χ1) is 17.5. The predicted octanol–water partition coefficient (Wildman–Crippen LogP) is 4.10. The third kappa shape index (κ3) is 6.10. The van der Waals surface area contributed by atoms with Crippen LogP contribution in [-0.2, 0) is 9.47 Å². The number of hydrogen-bond acceptors (Lipinski definition) is 8. The number of ether oxygens (including phenoxy) is 4. The van der Waals surface area contributed by atoms with E-state index in [1.807, 2.05) is 24.3 Å². The average Bonchev–Trinajstić information content (AvgIpc) is 2.89. The minimum Gasteiger partial charge on any atom is -0.460 e. The van der Waals surface area contributed by atoms with Crippen molar-refractivity contribution in [1.29, 1.82) is 0 Å². The number of esters is 2. The van der Waals surface area contributed by atoms with Crippen molar-refractivity contribution in [2.45, 2.75) is 13.2 Å². The molecule has 186 valence electrons. The topological polar surface area (TPSA) is 112 Å². The largest absolute Gasteiger partial charge is 0.460 e. The number of hydrogen-bond donors (Lipinski definition) is 2. The molecule has 0 bridgehead atoms. The van der Waals surface area contributed by atoms with Crippen LogP contribution in [0, 0.1) is 0 Å². The Morgan fingerprint density at radius 2 is 1.03 bits per heavy atom. The Labute approximate surface area is 207 Å². The highest BCUT2D eigenvalue weighted by atomic mass is 16.7. The molecular weight excluding hydrogens is 464 g/mol. The molecule has 8 heteroatoms. The monoisotopic (exact) mass is 490 g/mol. The van der Waals surface area contributed by atoms with E-state index in [0.717, 1.165) is 21.5 Å². The van der Waals surface area contributed by atoms with E-state index in [4.69, 9.17) is 29.2 Å². The molecule has 0 aliphatic rings. The zero-order valence-electron chi connectivity index (χ0n) is 19.7. The molecule has 4 aromatic carbocycles. The lowest BCUT2D eigenvalue weighted by Crippen LogP contribution is -2.19. The molecule has 0 atom stereocenters. The fourth-order valence-electron chi connectivity index (χ4n) is 3.70. The Morgan fingerprint density at radius 1 is 0.639 bits per heavy atom. The van der Waals surface area contributed by atoms with Crippen molar-refractivity contribution < 1.29 is 38.7 Å². The molecule has 0 aliphatic heterocycles. The van der Waals surface area contributed by atoms with Gasteiger partial charge in [-0.25, -0.2) is 9.59 Å². The van der Waals surface area contributed by atoms with Gasteiger partial charge in [0.05, 0.1) is 24.3 Å². The van der Waals surface area contributed by atoms with Gasteiger partial charge in [-0.05, 0) is 70.1 Å². The molecule has 2 N–H and O–H groups in total. The van der Waals surface area contributed by atoms with Crippen LogP contribution in [0.2, 0.25) is 0 Å². The van der Waals surface area contributed by atoms with Crippen molar-refractivity contribution >= 4 is 33.5 Å². The molecule has 0 heterocycles. The summed E-state index contributed by atoms with van der Waals surface area (Å²) < 4.78 is 21.8. The lowest BCUT2D eigenvalue weighted by molar-refractivity contribution is 0.0225. The number of benzene rings is 4. The van der Waals surface area contributed by atoms with Gasteiger partial charge in [0.1, 0.15) is 24.7 Å². The summed E-state index contributed by atoms with van der Waals surface area (Å²) in [5, 5.41) is 21.1. The number of fused-ring (bicyclic) bond motifs is 2. The molecule has 0 amide bonds. The van der Waals surface area contributed by atoms with Crippen LogP contribution in [-0.4, -0.2) is 54.9 Å². The van der Waals surface area contributed by atoms with E-state index in [1.165, 1.54) is 0 Å². The quantitative estimate of drug-likeness (QED) is 0.253. The van der Waals surface area contributed by atoms with Gasteiger partial charge in [0.2, 0.25) is 6.29 Å². The molecule has 4 rings (SSSR count). The minimum absolute atomic E-state index is 0.0418. The molecule has 0 aromatic heterocycles. The van der Waals surface area contributed by atoms with E-state index < -0.39 is 18.2 Å². The van der Waals surface area contributed by atoms with Crippen molar-refractivity contribution in [3.05, 3.63) is 83.9 Å². The number of aliphatic hydroxyl groups is 2. The van der Waals surface area contributed by atoms with Crippen LogP contribution >= 0.6 is 0 Å². The second kappa shape index (κ2) is 11.5. The zero-order valence-corrected chi connectivity index (χ0v) is 19.7. The second-order valence-corrected chi connectivity index (χ2v) is 7.97. The molecule has 0 aliphatic carbocycles. The summed E-state index contributed by atoms with van der Waals surface area (Å²) in [7, 11) is 0. The summed E-state index contributed by atoms with van der Waals surface area (Å²) in [4.78, 5) is 24.0. The summed E-state index contributed by atoms with van der Waals surface area (Å²) in [6.07, 6.45) is -0.583. The van der Waals surface area contributed by atoms with Crippen molar-refractivity contribution in [2.75, 3.05) is 26.4 Å². The molecule has 0 saturated heterocycles. The molecular formula is C28H26O8. The summed E-state index contributed by atoms with van der Waals surface area (Å²) in [5.74, 6) is 0.248. The summed E-state index contributed by atoms with van der Waals surface area (Å²) in [6, 6.07) is 21.4.